The number of thioether (sulfide) groups is 1. The van der Waals surface area contributed by atoms with E-state index in [1.54, 1.807) is 43.1 Å². The summed E-state index contributed by atoms with van der Waals surface area (Å²) < 4.78 is 7.27. The number of carbonyl (C=O) groups is 1. The van der Waals surface area contributed by atoms with Gasteiger partial charge in [-0.05, 0) is 54.0 Å². The Kier molecular flexibility index (Phi) is 7.52. The molecule has 30 heavy (non-hydrogen) atoms. The topological polar surface area (TPSA) is 69.0 Å². The highest BCUT2D eigenvalue weighted by molar-refractivity contribution is 7.99. The van der Waals surface area contributed by atoms with E-state index < -0.39 is 0 Å². The summed E-state index contributed by atoms with van der Waals surface area (Å²) in [5.74, 6) is 2.18. The first-order valence-electron chi connectivity index (χ1n) is 10.2. The van der Waals surface area contributed by atoms with Gasteiger partial charge in [-0.15, -0.1) is 10.2 Å². The SMILES string of the molecule is CCSc1nnc(CNC(=O)c2ccc(OC)cc2)n1-c1c(CC)cccc1CC. The Bertz CT molecular complexity index is 977. The molecule has 7 heteroatoms. The maximum Gasteiger partial charge on any atom is 0.251 e. The third-order valence-electron chi connectivity index (χ3n) is 4.92. The number of aryl methyl sites for hydroxylation is 2. The van der Waals surface area contributed by atoms with E-state index in [4.69, 9.17) is 4.74 Å². The van der Waals surface area contributed by atoms with Crippen molar-refractivity contribution < 1.29 is 9.53 Å². The molecule has 3 rings (SSSR count). The molecular formula is C23H28N4O2S. The summed E-state index contributed by atoms with van der Waals surface area (Å²) in [7, 11) is 1.60. The predicted octanol–water partition coefficient (Wildman–Crippen LogP) is 4.44. The minimum Gasteiger partial charge on any atom is -0.497 e. The molecule has 158 valence electrons. The number of nitrogens with one attached hydrogen (secondary N) is 1. The Morgan fingerprint density at radius 3 is 2.27 bits per heavy atom. The van der Waals surface area contributed by atoms with Crippen molar-refractivity contribution in [3.8, 4) is 11.4 Å². The van der Waals surface area contributed by atoms with Crippen molar-refractivity contribution in [3.05, 3.63) is 65.0 Å². The van der Waals surface area contributed by atoms with Crippen molar-refractivity contribution in [2.75, 3.05) is 12.9 Å². The van der Waals surface area contributed by atoms with Crippen LogP contribution in [-0.4, -0.2) is 33.5 Å². The molecule has 0 spiro atoms. The van der Waals surface area contributed by atoms with Gasteiger partial charge in [0, 0.05) is 5.56 Å². The molecule has 0 atom stereocenters. The third-order valence-corrected chi connectivity index (χ3v) is 5.73. The number of rotatable bonds is 9. The highest BCUT2D eigenvalue weighted by Crippen LogP contribution is 2.28. The van der Waals surface area contributed by atoms with Crippen LogP contribution in [-0.2, 0) is 19.4 Å². The zero-order valence-corrected chi connectivity index (χ0v) is 18.8. The second kappa shape index (κ2) is 10.3. The molecule has 1 aromatic heterocycles. The monoisotopic (exact) mass is 424 g/mol. The van der Waals surface area contributed by atoms with Crippen LogP contribution >= 0.6 is 11.8 Å². The van der Waals surface area contributed by atoms with Crippen molar-refractivity contribution in [3.63, 3.8) is 0 Å². The Hall–Kier alpha value is -2.80. The van der Waals surface area contributed by atoms with Gasteiger partial charge < -0.3 is 10.1 Å². The summed E-state index contributed by atoms with van der Waals surface area (Å²) in [4.78, 5) is 12.6. The van der Waals surface area contributed by atoms with Crippen LogP contribution in [0.1, 0.15) is 48.1 Å². The maximum atomic E-state index is 12.6. The average Bonchev–Trinajstić information content (AvgIpc) is 3.19. The summed E-state index contributed by atoms with van der Waals surface area (Å²) in [6.45, 7) is 6.70. The van der Waals surface area contributed by atoms with Crippen LogP contribution in [0, 0.1) is 0 Å². The molecule has 0 aliphatic rings. The van der Waals surface area contributed by atoms with E-state index in [0.717, 1.165) is 41.0 Å². The molecule has 1 N–H and O–H groups in total. The molecule has 0 fully saturated rings. The smallest absolute Gasteiger partial charge is 0.251 e. The summed E-state index contributed by atoms with van der Waals surface area (Å²) in [5, 5.41) is 12.7. The molecule has 0 saturated carbocycles. The molecule has 0 aliphatic heterocycles. The fourth-order valence-electron chi connectivity index (χ4n) is 3.37. The molecule has 2 aromatic carbocycles. The second-order valence-corrected chi connectivity index (χ2v) is 7.94. The van der Waals surface area contributed by atoms with E-state index in [1.807, 2.05) is 0 Å². The number of nitrogens with zero attached hydrogens (tertiary/aromatic N) is 3. The highest BCUT2D eigenvalue weighted by atomic mass is 32.2. The molecule has 1 amide bonds. The first-order valence-corrected chi connectivity index (χ1v) is 11.2. The Morgan fingerprint density at radius 2 is 1.70 bits per heavy atom. The summed E-state index contributed by atoms with van der Waals surface area (Å²) in [5.41, 5.74) is 4.20. The van der Waals surface area contributed by atoms with Crippen molar-refractivity contribution in [2.45, 2.75) is 45.3 Å². The number of carbonyl (C=O) groups excluding carboxylic acids is 1. The Labute approximate surface area is 182 Å². The van der Waals surface area contributed by atoms with Crippen molar-refractivity contribution >= 4 is 17.7 Å². The normalized spacial score (nSPS) is 10.8. The third kappa shape index (κ3) is 4.67. The maximum absolute atomic E-state index is 12.6. The van der Waals surface area contributed by atoms with E-state index >= 15 is 0 Å². The van der Waals surface area contributed by atoms with E-state index in [9.17, 15) is 4.79 Å². The van der Waals surface area contributed by atoms with E-state index in [2.05, 4.69) is 59.1 Å². The van der Waals surface area contributed by atoms with Crippen molar-refractivity contribution in [1.82, 2.24) is 20.1 Å². The molecule has 0 bridgehead atoms. The first-order chi connectivity index (χ1) is 14.6. The van der Waals surface area contributed by atoms with Crippen molar-refractivity contribution in [2.24, 2.45) is 0 Å². The number of methoxy groups -OCH3 is 1. The lowest BCUT2D eigenvalue weighted by Gasteiger charge is -2.18. The molecule has 3 aromatic rings. The first kappa shape index (κ1) is 21.9. The van der Waals surface area contributed by atoms with Crippen LogP contribution in [0.4, 0.5) is 0 Å². The largest absolute Gasteiger partial charge is 0.497 e. The number of hydrogen-bond donors (Lipinski definition) is 1. The number of ether oxygens (including phenoxy) is 1. The molecule has 0 unspecified atom stereocenters. The van der Waals surface area contributed by atoms with Crippen LogP contribution in [0.5, 0.6) is 5.75 Å². The number of hydrogen-bond acceptors (Lipinski definition) is 5. The molecule has 1 heterocycles. The van der Waals surface area contributed by atoms with Gasteiger partial charge in [-0.25, -0.2) is 0 Å². The molecule has 0 aliphatic carbocycles. The van der Waals surface area contributed by atoms with Gasteiger partial charge in [0.2, 0.25) is 0 Å². The van der Waals surface area contributed by atoms with Crippen LogP contribution in [0.25, 0.3) is 5.69 Å². The number of amides is 1. The number of aromatic nitrogens is 3. The van der Waals surface area contributed by atoms with E-state index in [0.29, 0.717) is 12.1 Å². The van der Waals surface area contributed by atoms with E-state index in [1.165, 1.54) is 11.1 Å². The van der Waals surface area contributed by atoms with Crippen LogP contribution in [0.15, 0.2) is 47.6 Å². The highest BCUT2D eigenvalue weighted by Gasteiger charge is 2.19. The van der Waals surface area contributed by atoms with Crippen LogP contribution in [0.2, 0.25) is 0 Å². The summed E-state index contributed by atoms with van der Waals surface area (Å²) in [6.07, 6.45) is 1.82. The van der Waals surface area contributed by atoms with Crippen molar-refractivity contribution in [1.29, 1.82) is 0 Å². The lowest BCUT2D eigenvalue weighted by molar-refractivity contribution is 0.0949. The quantitative estimate of drug-likeness (QED) is 0.514. The fraction of sp³-hybridized carbons (Fsp3) is 0.348. The van der Waals surface area contributed by atoms with Crippen LogP contribution in [0.3, 0.4) is 0 Å². The zero-order chi connectivity index (χ0) is 21.5. The fourth-order valence-corrected chi connectivity index (χ4v) is 4.05. The van der Waals surface area contributed by atoms with Gasteiger partial charge in [-0.1, -0.05) is 50.7 Å². The van der Waals surface area contributed by atoms with Crippen LogP contribution < -0.4 is 10.1 Å². The number of para-hydroxylation sites is 1. The molecule has 0 saturated heterocycles. The standard InChI is InChI=1S/C23H28N4O2S/c1-5-16-9-8-10-17(6-2)21(16)27-20(25-26-23(27)30-7-3)15-24-22(28)18-11-13-19(29-4)14-12-18/h8-14H,5-7,15H2,1-4H3,(H,24,28). The van der Waals surface area contributed by atoms with Gasteiger partial charge in [0.25, 0.3) is 5.91 Å². The van der Waals surface area contributed by atoms with Gasteiger partial charge in [0.05, 0.1) is 19.3 Å². The van der Waals surface area contributed by atoms with Gasteiger partial charge in [-0.2, -0.15) is 0 Å². The Balaban J connectivity index is 1.92. The van der Waals surface area contributed by atoms with Gasteiger partial charge >= 0.3 is 0 Å². The zero-order valence-electron chi connectivity index (χ0n) is 17.9. The summed E-state index contributed by atoms with van der Waals surface area (Å²) >= 11 is 1.65. The average molecular weight is 425 g/mol. The predicted molar refractivity (Wildman–Crippen MR) is 121 cm³/mol. The van der Waals surface area contributed by atoms with Gasteiger partial charge in [0.15, 0.2) is 11.0 Å². The van der Waals surface area contributed by atoms with Gasteiger partial charge in [-0.3, -0.25) is 9.36 Å². The minimum absolute atomic E-state index is 0.156. The summed E-state index contributed by atoms with van der Waals surface area (Å²) in [6, 6.07) is 13.4. The molecular weight excluding hydrogens is 396 g/mol. The van der Waals surface area contributed by atoms with Gasteiger partial charge in [0.1, 0.15) is 5.75 Å². The Morgan fingerprint density at radius 1 is 1.03 bits per heavy atom. The molecule has 0 radical (unpaired) electrons. The minimum atomic E-state index is -0.156. The van der Waals surface area contributed by atoms with E-state index in [-0.39, 0.29) is 5.91 Å². The molecule has 6 nitrogen and oxygen atoms in total. The number of benzene rings is 2. The lowest BCUT2D eigenvalue weighted by Crippen LogP contribution is -2.25. The lowest BCUT2D eigenvalue weighted by atomic mass is 10.0. The second-order valence-electron chi connectivity index (χ2n) is 6.71.